The number of methoxy groups -OCH3 is 3. The number of hydrogen-bond donors (Lipinski definition) is 0. The van der Waals surface area contributed by atoms with Gasteiger partial charge < -0.3 is 18.6 Å². The van der Waals surface area contributed by atoms with Gasteiger partial charge >= 0.3 is 0 Å². The highest BCUT2D eigenvalue weighted by Gasteiger charge is 2.18. The number of nitrogens with zero attached hydrogens (tertiary/aromatic N) is 3. The van der Waals surface area contributed by atoms with Crippen molar-refractivity contribution in [1.82, 2.24) is 14.6 Å². The smallest absolute Gasteiger partial charge is 0.291 e. The number of furan rings is 1. The Balaban J connectivity index is 1.52. The van der Waals surface area contributed by atoms with Crippen molar-refractivity contribution in [2.24, 2.45) is 0 Å². The van der Waals surface area contributed by atoms with Gasteiger partial charge in [0.2, 0.25) is 10.7 Å². The second-order valence-corrected chi connectivity index (χ2v) is 8.62. The summed E-state index contributed by atoms with van der Waals surface area (Å²) in [5, 5.41) is 5.02. The summed E-state index contributed by atoms with van der Waals surface area (Å²) in [5.41, 5.74) is 1.20. The Labute approximate surface area is 202 Å². The zero-order valence-corrected chi connectivity index (χ0v) is 19.9. The largest absolute Gasteiger partial charge is 0.493 e. The molecule has 8 nitrogen and oxygen atoms in total. The molecule has 0 aliphatic rings. The number of thiazole rings is 1. The SMILES string of the molecule is COc1cc(-c2nc3s/c(=C\c4ccc(-c5cccc(Cl)c5)o4)c(=O)n3n2)cc(OC)c1OC. The molecule has 0 radical (unpaired) electrons. The molecule has 3 heterocycles. The molecule has 3 aromatic heterocycles. The Morgan fingerprint density at radius 3 is 2.41 bits per heavy atom. The topological polar surface area (TPSA) is 88.1 Å². The van der Waals surface area contributed by atoms with Crippen molar-refractivity contribution >= 4 is 34.0 Å². The second-order valence-electron chi connectivity index (χ2n) is 7.17. The third-order valence-corrected chi connectivity index (χ3v) is 6.31. The van der Waals surface area contributed by atoms with Crippen LogP contribution in [0.4, 0.5) is 0 Å². The van der Waals surface area contributed by atoms with Crippen LogP contribution in [-0.2, 0) is 0 Å². The van der Waals surface area contributed by atoms with Crippen molar-refractivity contribution < 1.29 is 18.6 Å². The molecule has 2 aromatic carbocycles. The van der Waals surface area contributed by atoms with Crippen LogP contribution in [-0.4, -0.2) is 35.9 Å². The highest BCUT2D eigenvalue weighted by Crippen LogP contribution is 2.40. The van der Waals surface area contributed by atoms with E-state index in [1.54, 1.807) is 30.3 Å². The minimum atomic E-state index is -0.285. The molecular weight excluding hydrogens is 478 g/mol. The lowest BCUT2D eigenvalue weighted by atomic mass is 10.1. The van der Waals surface area contributed by atoms with E-state index in [-0.39, 0.29) is 5.56 Å². The molecule has 34 heavy (non-hydrogen) atoms. The van der Waals surface area contributed by atoms with Crippen molar-refractivity contribution in [2.75, 3.05) is 21.3 Å². The maximum atomic E-state index is 13.0. The molecule has 5 rings (SSSR count). The minimum absolute atomic E-state index is 0.285. The number of rotatable bonds is 6. The molecular formula is C24H18ClN3O5S. The van der Waals surface area contributed by atoms with E-state index in [9.17, 15) is 4.79 Å². The van der Waals surface area contributed by atoms with Gasteiger partial charge in [-0.05, 0) is 36.4 Å². The summed E-state index contributed by atoms with van der Waals surface area (Å²) in [6.07, 6.45) is 1.68. The van der Waals surface area contributed by atoms with Crippen molar-refractivity contribution in [1.29, 1.82) is 0 Å². The van der Waals surface area contributed by atoms with Gasteiger partial charge in [-0.2, -0.15) is 9.50 Å². The van der Waals surface area contributed by atoms with E-state index in [1.165, 1.54) is 37.2 Å². The van der Waals surface area contributed by atoms with Gasteiger partial charge in [0.1, 0.15) is 16.1 Å². The van der Waals surface area contributed by atoms with Crippen LogP contribution in [0.25, 0.3) is 33.7 Å². The average Bonchev–Trinajstić information content (AvgIpc) is 3.55. The molecule has 0 saturated carbocycles. The highest BCUT2D eigenvalue weighted by atomic mass is 35.5. The Bertz CT molecular complexity index is 1600. The summed E-state index contributed by atoms with van der Waals surface area (Å²) in [4.78, 5) is 17.9. The van der Waals surface area contributed by atoms with Gasteiger partial charge in [-0.15, -0.1) is 5.10 Å². The van der Waals surface area contributed by atoms with Crippen LogP contribution in [0.3, 0.4) is 0 Å². The molecule has 0 amide bonds. The Kier molecular flexibility index (Phi) is 5.72. The fourth-order valence-corrected chi connectivity index (χ4v) is 4.60. The first kappa shape index (κ1) is 22.0. The Morgan fingerprint density at radius 2 is 1.76 bits per heavy atom. The standard InChI is InChI=1S/C24H18ClN3O5S/c1-30-18-10-14(11-19(31-2)21(18)32-3)22-26-24-28(27-22)23(29)20(34-24)12-16-7-8-17(33-16)13-5-4-6-15(25)9-13/h4-12H,1-3H3/b20-12-. The average molecular weight is 496 g/mol. The minimum Gasteiger partial charge on any atom is -0.493 e. The number of ether oxygens (including phenoxy) is 3. The molecule has 0 unspecified atom stereocenters. The predicted molar refractivity (Wildman–Crippen MR) is 130 cm³/mol. The molecule has 0 fully saturated rings. The summed E-state index contributed by atoms with van der Waals surface area (Å²) in [6.45, 7) is 0. The Morgan fingerprint density at radius 1 is 1.00 bits per heavy atom. The summed E-state index contributed by atoms with van der Waals surface area (Å²) in [5.74, 6) is 2.98. The number of hydrogen-bond acceptors (Lipinski definition) is 8. The number of fused-ring (bicyclic) bond motifs is 1. The Hall–Kier alpha value is -3.82. The fourth-order valence-electron chi connectivity index (χ4n) is 3.52. The van der Waals surface area contributed by atoms with Crippen LogP contribution in [0.15, 0.2) is 57.7 Å². The van der Waals surface area contributed by atoms with E-state index < -0.39 is 0 Å². The molecule has 0 aliphatic heterocycles. The van der Waals surface area contributed by atoms with Crippen LogP contribution >= 0.6 is 22.9 Å². The van der Waals surface area contributed by atoms with E-state index in [1.807, 2.05) is 24.3 Å². The van der Waals surface area contributed by atoms with E-state index in [0.29, 0.717) is 54.7 Å². The molecule has 0 N–H and O–H groups in total. The molecule has 10 heteroatoms. The third-order valence-electron chi connectivity index (χ3n) is 5.11. The lowest BCUT2D eigenvalue weighted by Crippen LogP contribution is -2.23. The fraction of sp³-hybridized carbons (Fsp3) is 0.125. The van der Waals surface area contributed by atoms with Gasteiger partial charge in [0.15, 0.2) is 17.3 Å². The summed E-state index contributed by atoms with van der Waals surface area (Å²) >= 11 is 7.29. The monoisotopic (exact) mass is 495 g/mol. The van der Waals surface area contributed by atoms with Gasteiger partial charge in [-0.25, -0.2) is 0 Å². The van der Waals surface area contributed by atoms with Crippen molar-refractivity contribution in [2.45, 2.75) is 0 Å². The number of aromatic nitrogens is 3. The number of benzene rings is 2. The third kappa shape index (κ3) is 3.89. The normalized spacial score (nSPS) is 11.8. The quantitative estimate of drug-likeness (QED) is 0.347. The maximum absolute atomic E-state index is 13.0. The second kappa shape index (κ2) is 8.85. The molecule has 0 aliphatic carbocycles. The van der Waals surface area contributed by atoms with E-state index in [0.717, 1.165) is 5.56 Å². The van der Waals surface area contributed by atoms with Gasteiger partial charge in [0.05, 0.1) is 21.3 Å². The molecule has 5 aromatic rings. The zero-order chi connectivity index (χ0) is 23.8. The van der Waals surface area contributed by atoms with Crippen LogP contribution in [0.5, 0.6) is 17.2 Å². The first-order chi connectivity index (χ1) is 16.5. The van der Waals surface area contributed by atoms with Crippen LogP contribution < -0.4 is 24.3 Å². The van der Waals surface area contributed by atoms with Crippen LogP contribution in [0.1, 0.15) is 5.76 Å². The van der Waals surface area contributed by atoms with Gasteiger partial charge in [-0.3, -0.25) is 4.79 Å². The van der Waals surface area contributed by atoms with E-state index in [4.69, 9.17) is 30.2 Å². The van der Waals surface area contributed by atoms with E-state index >= 15 is 0 Å². The zero-order valence-electron chi connectivity index (χ0n) is 18.4. The molecule has 0 bridgehead atoms. The lowest BCUT2D eigenvalue weighted by molar-refractivity contribution is 0.324. The summed E-state index contributed by atoms with van der Waals surface area (Å²) in [7, 11) is 4.60. The predicted octanol–water partition coefficient (Wildman–Crippen LogP) is 4.30. The maximum Gasteiger partial charge on any atom is 0.291 e. The van der Waals surface area contributed by atoms with Crippen molar-refractivity contribution in [3.63, 3.8) is 0 Å². The van der Waals surface area contributed by atoms with Gasteiger partial charge in [0, 0.05) is 22.2 Å². The molecule has 0 atom stereocenters. The summed E-state index contributed by atoms with van der Waals surface area (Å²) < 4.78 is 23.8. The van der Waals surface area contributed by atoms with Crippen molar-refractivity contribution in [3.8, 4) is 40.0 Å². The van der Waals surface area contributed by atoms with Crippen LogP contribution in [0, 0.1) is 0 Å². The van der Waals surface area contributed by atoms with E-state index in [2.05, 4.69) is 10.1 Å². The summed E-state index contributed by atoms with van der Waals surface area (Å²) in [6, 6.07) is 14.5. The molecule has 172 valence electrons. The lowest BCUT2D eigenvalue weighted by Gasteiger charge is -2.12. The molecule has 0 spiro atoms. The van der Waals surface area contributed by atoms with Gasteiger partial charge in [0.25, 0.3) is 5.56 Å². The first-order valence-electron chi connectivity index (χ1n) is 10.1. The van der Waals surface area contributed by atoms with Gasteiger partial charge in [-0.1, -0.05) is 35.1 Å². The van der Waals surface area contributed by atoms with Crippen molar-refractivity contribution in [3.05, 3.63) is 74.2 Å². The highest BCUT2D eigenvalue weighted by molar-refractivity contribution is 7.15. The molecule has 0 saturated heterocycles. The number of halogens is 1. The first-order valence-corrected chi connectivity index (χ1v) is 11.3. The van der Waals surface area contributed by atoms with Crippen LogP contribution in [0.2, 0.25) is 5.02 Å².